The summed E-state index contributed by atoms with van der Waals surface area (Å²) in [5, 5.41) is 20.3. The molecule has 0 spiro atoms. The van der Waals surface area contributed by atoms with Crippen LogP contribution in [0.25, 0.3) is 11.0 Å². The predicted molar refractivity (Wildman–Crippen MR) is 102 cm³/mol. The molecule has 0 unspecified atom stereocenters. The first-order valence-electron chi connectivity index (χ1n) is 8.92. The molecule has 1 aliphatic heterocycles. The maximum absolute atomic E-state index is 14.8. The smallest absolute Gasteiger partial charge is 0.333 e. The van der Waals surface area contributed by atoms with Gasteiger partial charge >= 0.3 is 10.3 Å². The zero-order valence-corrected chi connectivity index (χ0v) is 17.0. The summed E-state index contributed by atoms with van der Waals surface area (Å²) in [5.74, 6) is 2.28. The van der Waals surface area contributed by atoms with E-state index < -0.39 is 41.5 Å². The summed E-state index contributed by atoms with van der Waals surface area (Å²) >= 11 is 1.48. The molecule has 3 heterocycles. The van der Waals surface area contributed by atoms with Gasteiger partial charge in [-0.1, -0.05) is 6.92 Å². The number of hydrogen-bond donors (Lipinski definition) is 3. The fraction of sp³-hybridized carbons (Fsp3) is 0.667. The van der Waals surface area contributed by atoms with Crippen molar-refractivity contribution in [2.45, 2.75) is 43.0 Å². The predicted octanol–water partition coefficient (Wildman–Crippen LogP) is -0.0269. The van der Waals surface area contributed by atoms with Crippen molar-refractivity contribution in [3.63, 3.8) is 0 Å². The fourth-order valence-corrected chi connectivity index (χ4v) is 4.91. The third-order valence-electron chi connectivity index (χ3n) is 5.13. The number of aliphatic hydroxyl groups excluding tert-OH is 1. The molecule has 2 fully saturated rings. The van der Waals surface area contributed by atoms with Gasteiger partial charge in [0.2, 0.25) is 0 Å². The maximum Gasteiger partial charge on any atom is 0.333 e. The summed E-state index contributed by atoms with van der Waals surface area (Å²) in [6.45, 7) is 1.54. The van der Waals surface area contributed by atoms with Crippen LogP contribution in [-0.4, -0.2) is 64.0 Å². The Balaban J connectivity index is 1.62. The van der Waals surface area contributed by atoms with Gasteiger partial charge in [0.1, 0.15) is 29.4 Å². The third-order valence-corrected chi connectivity index (χ3v) is 6.75. The number of nitrogen functional groups attached to an aromatic ring is 1. The molecule has 0 amide bonds. The Bertz CT molecular complexity index is 1020. The SMILES string of the molecule is C[C@H]1C[C@@H]1CSc1nn([C@@H]2O[C@H](COS(N)(=O)=O)[C@@H](O)[C@@H]2F)c2ncnc(N)c12. The average molecular weight is 449 g/mol. The van der Waals surface area contributed by atoms with Crippen molar-refractivity contribution in [2.24, 2.45) is 17.0 Å². The van der Waals surface area contributed by atoms with E-state index in [-0.39, 0.29) is 11.5 Å². The molecule has 0 aromatic carbocycles. The summed E-state index contributed by atoms with van der Waals surface area (Å²) in [6, 6.07) is 0. The number of nitrogens with two attached hydrogens (primary N) is 2. The van der Waals surface area contributed by atoms with Crippen LogP contribution in [0.2, 0.25) is 0 Å². The Labute approximate surface area is 170 Å². The lowest BCUT2D eigenvalue weighted by Crippen LogP contribution is -2.33. The Morgan fingerprint density at radius 3 is 2.86 bits per heavy atom. The minimum absolute atomic E-state index is 0.204. The molecule has 0 radical (unpaired) electrons. The minimum atomic E-state index is -4.26. The second-order valence-corrected chi connectivity index (χ2v) is 9.50. The van der Waals surface area contributed by atoms with Gasteiger partial charge in [-0.05, 0) is 18.3 Å². The molecule has 160 valence electrons. The summed E-state index contributed by atoms with van der Waals surface area (Å²) in [7, 11) is -4.26. The number of alkyl halides is 1. The Morgan fingerprint density at radius 2 is 2.21 bits per heavy atom. The fourth-order valence-electron chi connectivity index (χ4n) is 3.26. The highest BCUT2D eigenvalue weighted by molar-refractivity contribution is 7.99. The maximum atomic E-state index is 14.8. The van der Waals surface area contributed by atoms with E-state index >= 15 is 0 Å². The van der Waals surface area contributed by atoms with Gasteiger partial charge in [-0.25, -0.2) is 24.2 Å². The number of halogens is 1. The van der Waals surface area contributed by atoms with E-state index in [1.807, 2.05) is 0 Å². The van der Waals surface area contributed by atoms with E-state index in [1.54, 1.807) is 0 Å². The van der Waals surface area contributed by atoms with Crippen LogP contribution in [0.3, 0.4) is 0 Å². The topological polar surface area (TPSA) is 168 Å². The van der Waals surface area contributed by atoms with Gasteiger partial charge in [0.25, 0.3) is 0 Å². The lowest BCUT2D eigenvalue weighted by atomic mass is 10.1. The van der Waals surface area contributed by atoms with Crippen molar-refractivity contribution >= 4 is 38.9 Å². The van der Waals surface area contributed by atoms with Crippen LogP contribution >= 0.6 is 11.8 Å². The van der Waals surface area contributed by atoms with Crippen molar-refractivity contribution in [1.29, 1.82) is 0 Å². The standard InChI is InChI=1S/C15H21FN6O5S2/c1-6-2-7(6)4-28-14-9-12(17)19-5-20-13(9)22(21-14)15-10(16)11(23)8(27-15)3-26-29(18,24)25/h5-8,10-11,15,23H,2-4H2,1H3,(H2,17,19,20)(H2,18,24,25)/t6-,7+,8+,10-,11+,15+/m0/s1. The van der Waals surface area contributed by atoms with Gasteiger partial charge in [-0.15, -0.1) is 11.8 Å². The number of ether oxygens (including phenoxy) is 1. The number of rotatable bonds is 7. The molecule has 5 N–H and O–H groups in total. The van der Waals surface area contributed by atoms with Gasteiger partial charge in [-0.2, -0.15) is 13.5 Å². The van der Waals surface area contributed by atoms with E-state index in [4.69, 9.17) is 15.6 Å². The second kappa shape index (κ2) is 7.59. The summed E-state index contributed by atoms with van der Waals surface area (Å²) in [5.41, 5.74) is 6.26. The molecule has 4 rings (SSSR count). The Hall–Kier alpha value is -1.58. The largest absolute Gasteiger partial charge is 0.387 e. The lowest BCUT2D eigenvalue weighted by molar-refractivity contribution is -0.0456. The molecule has 1 saturated carbocycles. The minimum Gasteiger partial charge on any atom is -0.387 e. The first kappa shape index (κ1) is 20.7. The molecule has 11 nitrogen and oxygen atoms in total. The van der Waals surface area contributed by atoms with Crippen molar-refractivity contribution in [3.05, 3.63) is 6.33 Å². The van der Waals surface area contributed by atoms with Crippen molar-refractivity contribution < 1.29 is 26.8 Å². The number of fused-ring (bicyclic) bond motifs is 1. The Morgan fingerprint density at radius 1 is 1.48 bits per heavy atom. The molecular formula is C15H21FN6O5S2. The highest BCUT2D eigenvalue weighted by Gasteiger charge is 2.47. The number of anilines is 1. The molecule has 2 aromatic heterocycles. The number of aliphatic hydroxyl groups is 1. The van der Waals surface area contributed by atoms with E-state index in [2.05, 4.69) is 26.2 Å². The third kappa shape index (κ3) is 4.18. The molecule has 2 aromatic rings. The van der Waals surface area contributed by atoms with Crippen LogP contribution in [0.4, 0.5) is 10.2 Å². The quantitative estimate of drug-likeness (QED) is 0.489. The van der Waals surface area contributed by atoms with Gasteiger partial charge in [0.05, 0.1) is 12.0 Å². The van der Waals surface area contributed by atoms with Gasteiger partial charge in [0.15, 0.2) is 18.0 Å². The zero-order chi connectivity index (χ0) is 20.9. The molecule has 1 saturated heterocycles. The number of thioether (sulfide) groups is 1. The molecule has 14 heteroatoms. The molecule has 0 bridgehead atoms. The van der Waals surface area contributed by atoms with Crippen LogP contribution in [-0.2, 0) is 19.2 Å². The molecule has 29 heavy (non-hydrogen) atoms. The van der Waals surface area contributed by atoms with Crippen LogP contribution in [0.5, 0.6) is 0 Å². The van der Waals surface area contributed by atoms with Crippen LogP contribution in [0, 0.1) is 11.8 Å². The highest BCUT2D eigenvalue weighted by Crippen LogP contribution is 2.43. The summed E-state index contributed by atoms with van der Waals surface area (Å²) < 4.78 is 47.9. The molecule has 1 aliphatic carbocycles. The van der Waals surface area contributed by atoms with Gasteiger partial charge in [-0.3, -0.25) is 4.18 Å². The van der Waals surface area contributed by atoms with Crippen LogP contribution in [0.1, 0.15) is 19.6 Å². The lowest BCUT2D eigenvalue weighted by Gasteiger charge is -2.14. The van der Waals surface area contributed by atoms with Crippen molar-refractivity contribution in [2.75, 3.05) is 18.1 Å². The van der Waals surface area contributed by atoms with E-state index in [9.17, 15) is 17.9 Å². The molecule has 6 atom stereocenters. The first-order valence-corrected chi connectivity index (χ1v) is 11.4. The van der Waals surface area contributed by atoms with Crippen molar-refractivity contribution in [1.82, 2.24) is 19.7 Å². The molecular weight excluding hydrogens is 427 g/mol. The van der Waals surface area contributed by atoms with Gasteiger partial charge in [0, 0.05) is 5.75 Å². The average Bonchev–Trinajstić information content (AvgIpc) is 3.11. The molecule has 2 aliphatic rings. The monoisotopic (exact) mass is 448 g/mol. The highest BCUT2D eigenvalue weighted by atomic mass is 32.2. The number of aromatic nitrogens is 4. The second-order valence-electron chi connectivity index (χ2n) is 7.27. The Kier molecular flexibility index (Phi) is 5.41. The van der Waals surface area contributed by atoms with Crippen LogP contribution < -0.4 is 10.9 Å². The first-order chi connectivity index (χ1) is 13.7. The summed E-state index contributed by atoms with van der Waals surface area (Å²) in [6.07, 6.45) is -3.75. The number of hydrogen-bond acceptors (Lipinski definition) is 10. The van der Waals surface area contributed by atoms with Crippen molar-refractivity contribution in [3.8, 4) is 0 Å². The van der Waals surface area contributed by atoms with E-state index in [0.717, 1.165) is 12.2 Å². The zero-order valence-electron chi connectivity index (χ0n) is 15.4. The number of nitrogens with zero attached hydrogens (tertiary/aromatic N) is 4. The van der Waals surface area contributed by atoms with Gasteiger partial charge < -0.3 is 15.6 Å². The van der Waals surface area contributed by atoms with E-state index in [0.29, 0.717) is 22.2 Å². The summed E-state index contributed by atoms with van der Waals surface area (Å²) in [4.78, 5) is 8.14. The normalized spacial score (nSPS) is 32.1. The van der Waals surface area contributed by atoms with Crippen LogP contribution in [0.15, 0.2) is 11.4 Å². The van der Waals surface area contributed by atoms with E-state index in [1.165, 1.54) is 22.8 Å².